The minimum atomic E-state index is -0.285. The Kier molecular flexibility index (Phi) is 3.50. The molecule has 4 nitrogen and oxygen atoms in total. The summed E-state index contributed by atoms with van der Waals surface area (Å²) in [5, 5.41) is 0. The van der Waals surface area contributed by atoms with Crippen LogP contribution in [0.5, 0.6) is 0 Å². The summed E-state index contributed by atoms with van der Waals surface area (Å²) < 4.78 is 17.4. The number of hydrogen-bond acceptors (Lipinski definition) is 4. The first-order valence-electron chi connectivity index (χ1n) is 7.12. The van der Waals surface area contributed by atoms with Gasteiger partial charge in [-0.25, -0.2) is 0 Å². The Balaban J connectivity index is 2.03. The molecule has 5 atom stereocenters. The summed E-state index contributed by atoms with van der Waals surface area (Å²) >= 11 is 0. The van der Waals surface area contributed by atoms with Crippen LogP contribution >= 0.6 is 0 Å². The summed E-state index contributed by atoms with van der Waals surface area (Å²) in [6, 6.07) is 0. The second-order valence-corrected chi connectivity index (χ2v) is 5.86. The largest absolute Gasteiger partial charge is 0.381 e. The zero-order valence-electron chi connectivity index (χ0n) is 11.6. The molecule has 1 aliphatic heterocycles. The van der Waals surface area contributed by atoms with Crippen molar-refractivity contribution < 1.29 is 19.0 Å². The van der Waals surface area contributed by atoms with E-state index in [0.29, 0.717) is 12.3 Å². The zero-order valence-corrected chi connectivity index (χ0v) is 11.6. The molecular formula is C15H22O4. The van der Waals surface area contributed by atoms with Crippen LogP contribution in [0.15, 0.2) is 11.6 Å². The first-order chi connectivity index (χ1) is 9.26. The molecule has 2 aliphatic carbocycles. The highest BCUT2D eigenvalue weighted by molar-refractivity contribution is 5.54. The maximum Gasteiger partial charge on any atom is 0.167 e. The van der Waals surface area contributed by atoms with Gasteiger partial charge in [-0.1, -0.05) is 6.08 Å². The standard InChI is InChI=1S/C15H22O4/c1-17-12-6-7-15(8-9-16)11-5-3-4-10(12)13(11)19-14(15)18-2/h5,9-10,12-14H,3-4,6-8H2,1-2H3/t10-,12+,13-,14?,15+/m1/s1. The lowest BCUT2D eigenvalue weighted by Gasteiger charge is -2.33. The van der Waals surface area contributed by atoms with Gasteiger partial charge in [-0.05, 0) is 31.3 Å². The van der Waals surface area contributed by atoms with Crippen LogP contribution < -0.4 is 0 Å². The van der Waals surface area contributed by atoms with Crippen LogP contribution in [0.4, 0.5) is 0 Å². The number of rotatable bonds is 4. The molecule has 2 fully saturated rings. The highest BCUT2D eigenvalue weighted by Gasteiger charge is 2.58. The molecule has 106 valence electrons. The van der Waals surface area contributed by atoms with E-state index in [-0.39, 0.29) is 23.9 Å². The van der Waals surface area contributed by atoms with E-state index < -0.39 is 0 Å². The summed E-state index contributed by atoms with van der Waals surface area (Å²) in [4.78, 5) is 11.2. The van der Waals surface area contributed by atoms with Crippen molar-refractivity contribution in [2.45, 2.75) is 50.6 Å². The predicted octanol–water partition coefficient (Wildman–Crippen LogP) is 2.08. The summed E-state index contributed by atoms with van der Waals surface area (Å²) in [6.07, 6.45) is 7.83. The second-order valence-electron chi connectivity index (χ2n) is 5.86. The van der Waals surface area contributed by atoms with Crippen LogP contribution in [0.2, 0.25) is 0 Å². The number of carbonyl (C=O) groups is 1. The summed E-state index contributed by atoms with van der Waals surface area (Å²) in [7, 11) is 3.45. The minimum Gasteiger partial charge on any atom is -0.381 e. The average Bonchev–Trinajstić information content (AvgIpc) is 2.71. The smallest absolute Gasteiger partial charge is 0.167 e. The lowest BCUT2D eigenvalue weighted by Crippen LogP contribution is -2.37. The van der Waals surface area contributed by atoms with E-state index >= 15 is 0 Å². The highest BCUT2D eigenvalue weighted by Crippen LogP contribution is 2.56. The van der Waals surface area contributed by atoms with Crippen molar-refractivity contribution in [3.63, 3.8) is 0 Å². The van der Waals surface area contributed by atoms with E-state index in [2.05, 4.69) is 6.08 Å². The van der Waals surface area contributed by atoms with Crippen molar-refractivity contribution in [3.05, 3.63) is 11.6 Å². The van der Waals surface area contributed by atoms with E-state index in [9.17, 15) is 4.79 Å². The third kappa shape index (κ3) is 1.81. The highest BCUT2D eigenvalue weighted by atomic mass is 16.7. The number of methoxy groups -OCH3 is 2. The van der Waals surface area contributed by atoms with Crippen LogP contribution in [0.3, 0.4) is 0 Å². The first-order valence-corrected chi connectivity index (χ1v) is 7.12. The quantitative estimate of drug-likeness (QED) is 0.577. The van der Waals surface area contributed by atoms with E-state index in [1.54, 1.807) is 14.2 Å². The van der Waals surface area contributed by atoms with Crippen molar-refractivity contribution in [1.29, 1.82) is 0 Å². The number of hydrogen-bond donors (Lipinski definition) is 0. The van der Waals surface area contributed by atoms with Crippen LogP contribution in [0, 0.1) is 11.3 Å². The predicted molar refractivity (Wildman–Crippen MR) is 69.6 cm³/mol. The lowest BCUT2D eigenvalue weighted by molar-refractivity contribution is -0.185. The van der Waals surface area contributed by atoms with Gasteiger partial charge in [0.25, 0.3) is 0 Å². The van der Waals surface area contributed by atoms with Gasteiger partial charge < -0.3 is 19.0 Å². The minimum absolute atomic E-state index is 0.0751. The normalized spacial score (nSPS) is 44.6. The topological polar surface area (TPSA) is 44.8 Å². The Hall–Kier alpha value is -0.710. The molecule has 0 N–H and O–H groups in total. The molecule has 0 aromatic heterocycles. The van der Waals surface area contributed by atoms with E-state index in [1.165, 1.54) is 5.57 Å². The van der Waals surface area contributed by atoms with Gasteiger partial charge in [-0.15, -0.1) is 0 Å². The van der Waals surface area contributed by atoms with Crippen LogP contribution in [-0.2, 0) is 19.0 Å². The van der Waals surface area contributed by atoms with Crippen LogP contribution in [0.25, 0.3) is 0 Å². The van der Waals surface area contributed by atoms with Gasteiger partial charge in [0.1, 0.15) is 6.29 Å². The fourth-order valence-corrected chi connectivity index (χ4v) is 4.29. The third-order valence-corrected chi connectivity index (χ3v) is 5.17. The molecule has 4 heteroatoms. The maximum absolute atomic E-state index is 11.2. The van der Waals surface area contributed by atoms with Crippen molar-refractivity contribution in [3.8, 4) is 0 Å². The molecule has 1 unspecified atom stereocenters. The molecule has 1 saturated carbocycles. The van der Waals surface area contributed by atoms with Crippen molar-refractivity contribution in [1.82, 2.24) is 0 Å². The molecule has 1 saturated heterocycles. The molecular weight excluding hydrogens is 244 g/mol. The molecule has 0 amide bonds. The summed E-state index contributed by atoms with van der Waals surface area (Å²) in [6.45, 7) is 0. The SMILES string of the molecule is COC1O[C@H]2C3=CCC[C@@H]2[C@@H](OC)CC[C@]31CC=O. The van der Waals surface area contributed by atoms with Gasteiger partial charge in [-0.3, -0.25) is 0 Å². The van der Waals surface area contributed by atoms with Gasteiger partial charge >= 0.3 is 0 Å². The van der Waals surface area contributed by atoms with Crippen LogP contribution in [0.1, 0.15) is 32.1 Å². The molecule has 3 rings (SSSR count). The van der Waals surface area contributed by atoms with Gasteiger partial charge in [0.2, 0.25) is 0 Å². The van der Waals surface area contributed by atoms with Gasteiger partial charge in [0, 0.05) is 26.6 Å². The first kappa shape index (κ1) is 13.3. The zero-order chi connectivity index (χ0) is 13.5. The molecule has 0 aromatic rings. The Morgan fingerprint density at radius 2 is 2.26 bits per heavy atom. The van der Waals surface area contributed by atoms with E-state index in [1.807, 2.05) is 0 Å². The maximum atomic E-state index is 11.2. The molecule has 0 spiro atoms. The van der Waals surface area contributed by atoms with Crippen molar-refractivity contribution >= 4 is 6.29 Å². The fourth-order valence-electron chi connectivity index (χ4n) is 4.29. The van der Waals surface area contributed by atoms with Crippen molar-refractivity contribution in [2.24, 2.45) is 11.3 Å². The van der Waals surface area contributed by atoms with Gasteiger partial charge in [0.05, 0.1) is 17.6 Å². The van der Waals surface area contributed by atoms with Crippen LogP contribution in [-0.4, -0.2) is 39.0 Å². The lowest BCUT2D eigenvalue weighted by atomic mass is 9.72. The van der Waals surface area contributed by atoms with Gasteiger partial charge in [0.15, 0.2) is 6.29 Å². The summed E-state index contributed by atoms with van der Waals surface area (Å²) in [5.41, 5.74) is 1.04. The Morgan fingerprint density at radius 1 is 1.42 bits per heavy atom. The molecule has 0 radical (unpaired) electrons. The van der Waals surface area contributed by atoms with Crippen molar-refractivity contribution in [2.75, 3.05) is 14.2 Å². The fraction of sp³-hybridized carbons (Fsp3) is 0.800. The second kappa shape index (κ2) is 5.00. The number of carbonyl (C=O) groups excluding carboxylic acids is 1. The number of ether oxygens (including phenoxy) is 3. The third-order valence-electron chi connectivity index (χ3n) is 5.17. The Morgan fingerprint density at radius 3 is 2.95 bits per heavy atom. The molecule has 0 aromatic carbocycles. The van der Waals surface area contributed by atoms with E-state index in [4.69, 9.17) is 14.2 Å². The molecule has 4 bridgehead atoms. The van der Waals surface area contributed by atoms with Gasteiger partial charge in [-0.2, -0.15) is 0 Å². The Bertz CT molecular complexity index is 392. The van der Waals surface area contributed by atoms with E-state index in [0.717, 1.165) is 32.0 Å². The number of aldehydes is 1. The number of allylic oxidation sites excluding steroid dienone is 1. The Labute approximate surface area is 114 Å². The summed E-state index contributed by atoms with van der Waals surface area (Å²) in [5.74, 6) is 0.402. The molecule has 19 heavy (non-hydrogen) atoms. The molecule has 1 heterocycles. The molecule has 3 aliphatic rings. The monoisotopic (exact) mass is 266 g/mol. The average molecular weight is 266 g/mol.